The molecule has 0 amide bonds. The van der Waals surface area contributed by atoms with E-state index in [1.54, 1.807) is 25.3 Å². The van der Waals surface area contributed by atoms with Crippen LogP contribution in [0.1, 0.15) is 17.3 Å². The van der Waals surface area contributed by atoms with Crippen LogP contribution in [0, 0.1) is 0 Å². The molecule has 0 fully saturated rings. The highest BCUT2D eigenvalue weighted by molar-refractivity contribution is 7.99. The number of rotatable bonds is 4. The highest BCUT2D eigenvalue weighted by Crippen LogP contribution is 2.27. The van der Waals surface area contributed by atoms with E-state index in [9.17, 15) is 13.2 Å². The SMILES string of the molecule is CCOC(=O)c1cccc(SC)c1S(N)(=O)=O. The third-order valence-electron chi connectivity index (χ3n) is 1.98. The van der Waals surface area contributed by atoms with E-state index >= 15 is 0 Å². The lowest BCUT2D eigenvalue weighted by atomic mass is 10.2. The first-order valence-corrected chi connectivity index (χ1v) is 7.55. The Balaban J connectivity index is 3.46. The summed E-state index contributed by atoms with van der Waals surface area (Å²) in [6.45, 7) is 1.82. The lowest BCUT2D eigenvalue weighted by Gasteiger charge is -2.10. The molecule has 0 aromatic heterocycles. The summed E-state index contributed by atoms with van der Waals surface area (Å²) < 4.78 is 27.8. The molecule has 7 heteroatoms. The summed E-state index contributed by atoms with van der Waals surface area (Å²) in [6.07, 6.45) is 1.71. The highest BCUT2D eigenvalue weighted by atomic mass is 32.2. The molecule has 0 aliphatic rings. The van der Waals surface area contributed by atoms with Gasteiger partial charge in [-0.15, -0.1) is 11.8 Å². The topological polar surface area (TPSA) is 86.5 Å². The minimum atomic E-state index is -3.96. The molecule has 0 aliphatic heterocycles. The summed E-state index contributed by atoms with van der Waals surface area (Å²) in [5, 5.41) is 5.12. The Hall–Kier alpha value is -1.05. The van der Waals surface area contributed by atoms with Gasteiger partial charge in [-0.05, 0) is 25.3 Å². The molecule has 2 N–H and O–H groups in total. The van der Waals surface area contributed by atoms with Crippen molar-refractivity contribution in [1.82, 2.24) is 0 Å². The van der Waals surface area contributed by atoms with Crippen molar-refractivity contribution in [2.45, 2.75) is 16.7 Å². The Morgan fingerprint density at radius 1 is 1.47 bits per heavy atom. The first-order valence-electron chi connectivity index (χ1n) is 4.78. The Morgan fingerprint density at radius 2 is 2.12 bits per heavy atom. The van der Waals surface area contributed by atoms with Crippen LogP contribution in [-0.2, 0) is 14.8 Å². The minimum Gasteiger partial charge on any atom is -0.462 e. The Bertz CT molecular complexity index is 525. The normalized spacial score (nSPS) is 11.2. The van der Waals surface area contributed by atoms with Crippen LogP contribution in [0.4, 0.5) is 0 Å². The van der Waals surface area contributed by atoms with Crippen LogP contribution in [0.2, 0.25) is 0 Å². The van der Waals surface area contributed by atoms with Gasteiger partial charge < -0.3 is 4.74 Å². The first-order chi connectivity index (χ1) is 7.91. The quantitative estimate of drug-likeness (QED) is 0.659. The molecule has 1 aromatic carbocycles. The van der Waals surface area contributed by atoms with Crippen LogP contribution >= 0.6 is 11.8 Å². The molecule has 1 rings (SSSR count). The average molecular weight is 275 g/mol. The van der Waals surface area contributed by atoms with E-state index in [-0.39, 0.29) is 17.1 Å². The van der Waals surface area contributed by atoms with Gasteiger partial charge in [-0.1, -0.05) is 6.07 Å². The summed E-state index contributed by atoms with van der Waals surface area (Å²) in [6, 6.07) is 4.57. The molecule has 0 bridgehead atoms. The fourth-order valence-corrected chi connectivity index (χ4v) is 3.25. The second kappa shape index (κ2) is 5.52. The summed E-state index contributed by atoms with van der Waals surface area (Å²) >= 11 is 1.21. The van der Waals surface area contributed by atoms with Gasteiger partial charge in [0, 0.05) is 4.90 Å². The molecule has 17 heavy (non-hydrogen) atoms. The van der Waals surface area contributed by atoms with E-state index < -0.39 is 16.0 Å². The fraction of sp³-hybridized carbons (Fsp3) is 0.300. The molecule has 0 atom stereocenters. The monoisotopic (exact) mass is 275 g/mol. The van der Waals surface area contributed by atoms with Gasteiger partial charge in [0.2, 0.25) is 10.0 Å². The number of benzene rings is 1. The van der Waals surface area contributed by atoms with E-state index in [0.717, 1.165) is 0 Å². The van der Waals surface area contributed by atoms with Crippen LogP contribution < -0.4 is 5.14 Å². The minimum absolute atomic E-state index is 0.0267. The maximum Gasteiger partial charge on any atom is 0.339 e. The molecule has 0 spiro atoms. The van der Waals surface area contributed by atoms with Crippen molar-refractivity contribution in [1.29, 1.82) is 0 Å². The van der Waals surface area contributed by atoms with Crippen LogP contribution in [0.5, 0.6) is 0 Å². The number of thioether (sulfide) groups is 1. The molecule has 94 valence electrons. The number of hydrogen-bond donors (Lipinski definition) is 1. The lowest BCUT2D eigenvalue weighted by Crippen LogP contribution is -2.19. The van der Waals surface area contributed by atoms with Crippen molar-refractivity contribution < 1.29 is 17.9 Å². The zero-order valence-electron chi connectivity index (χ0n) is 9.47. The van der Waals surface area contributed by atoms with Gasteiger partial charge in [-0.3, -0.25) is 0 Å². The fourth-order valence-electron chi connectivity index (χ4n) is 1.34. The van der Waals surface area contributed by atoms with Gasteiger partial charge in [0.25, 0.3) is 0 Å². The van der Waals surface area contributed by atoms with Crippen LogP contribution in [0.3, 0.4) is 0 Å². The van der Waals surface area contributed by atoms with E-state index in [4.69, 9.17) is 9.88 Å². The molecule has 0 aliphatic carbocycles. The summed E-state index contributed by atoms with van der Waals surface area (Å²) in [7, 11) is -3.96. The molecule has 5 nitrogen and oxygen atoms in total. The lowest BCUT2D eigenvalue weighted by molar-refractivity contribution is 0.0521. The second-order valence-electron chi connectivity index (χ2n) is 3.10. The average Bonchev–Trinajstić information content (AvgIpc) is 2.27. The van der Waals surface area contributed by atoms with Gasteiger partial charge in [0.1, 0.15) is 4.90 Å². The molecular formula is C10H13NO4S2. The summed E-state index contributed by atoms with van der Waals surface area (Å²) in [5.74, 6) is -0.688. The van der Waals surface area contributed by atoms with Crippen molar-refractivity contribution in [2.24, 2.45) is 5.14 Å². The van der Waals surface area contributed by atoms with Crippen molar-refractivity contribution in [3.8, 4) is 0 Å². The zero-order valence-corrected chi connectivity index (χ0v) is 11.1. The van der Waals surface area contributed by atoms with Crippen molar-refractivity contribution in [2.75, 3.05) is 12.9 Å². The number of sulfonamides is 1. The smallest absolute Gasteiger partial charge is 0.339 e. The van der Waals surface area contributed by atoms with Crippen LogP contribution in [0.15, 0.2) is 28.0 Å². The molecule has 0 saturated heterocycles. The number of primary sulfonamides is 1. The van der Waals surface area contributed by atoms with Gasteiger partial charge in [-0.2, -0.15) is 0 Å². The highest BCUT2D eigenvalue weighted by Gasteiger charge is 2.23. The second-order valence-corrected chi connectivity index (χ2v) is 5.45. The number of nitrogens with two attached hydrogens (primary N) is 1. The predicted octanol–water partition coefficient (Wildman–Crippen LogP) is 1.23. The third-order valence-corrected chi connectivity index (χ3v) is 3.90. The summed E-state index contributed by atoms with van der Waals surface area (Å²) in [5.41, 5.74) is -0.0267. The van der Waals surface area contributed by atoms with Crippen LogP contribution in [-0.4, -0.2) is 27.2 Å². The number of esters is 1. The van der Waals surface area contributed by atoms with Crippen LogP contribution in [0.25, 0.3) is 0 Å². The molecule has 0 unspecified atom stereocenters. The predicted molar refractivity (Wildman–Crippen MR) is 65.6 cm³/mol. The maximum atomic E-state index is 11.6. The molecular weight excluding hydrogens is 262 g/mol. The number of hydrogen-bond acceptors (Lipinski definition) is 5. The number of carbonyl (C=O) groups excluding carboxylic acids is 1. The van der Waals surface area contributed by atoms with E-state index in [2.05, 4.69) is 0 Å². The van der Waals surface area contributed by atoms with Gasteiger partial charge in [-0.25, -0.2) is 18.4 Å². The summed E-state index contributed by atoms with van der Waals surface area (Å²) in [4.78, 5) is 11.9. The zero-order chi connectivity index (χ0) is 13.1. The van der Waals surface area contributed by atoms with Crippen molar-refractivity contribution in [3.05, 3.63) is 23.8 Å². The molecule has 0 radical (unpaired) electrons. The van der Waals surface area contributed by atoms with Gasteiger partial charge >= 0.3 is 5.97 Å². The largest absolute Gasteiger partial charge is 0.462 e. The van der Waals surface area contributed by atoms with Gasteiger partial charge in [0.05, 0.1) is 12.2 Å². The number of carbonyl (C=O) groups is 1. The van der Waals surface area contributed by atoms with E-state index in [1.807, 2.05) is 0 Å². The Labute approximate surface area is 104 Å². The molecule has 1 aromatic rings. The van der Waals surface area contributed by atoms with Crippen molar-refractivity contribution in [3.63, 3.8) is 0 Å². The standard InChI is InChI=1S/C10H13NO4S2/c1-3-15-10(12)7-5-4-6-8(16-2)9(7)17(11,13)14/h4-6H,3H2,1-2H3,(H2,11,13,14). The number of ether oxygens (including phenoxy) is 1. The van der Waals surface area contributed by atoms with Crippen molar-refractivity contribution >= 4 is 27.8 Å². The molecule has 0 saturated carbocycles. The Kier molecular flexibility index (Phi) is 4.55. The van der Waals surface area contributed by atoms with E-state index in [0.29, 0.717) is 4.90 Å². The Morgan fingerprint density at radius 3 is 2.59 bits per heavy atom. The van der Waals surface area contributed by atoms with E-state index in [1.165, 1.54) is 17.8 Å². The molecule has 0 heterocycles. The first kappa shape index (κ1) is 14.0. The van der Waals surface area contributed by atoms with Gasteiger partial charge in [0.15, 0.2) is 0 Å². The third kappa shape index (κ3) is 3.21. The maximum absolute atomic E-state index is 11.6.